The molecule has 0 aliphatic heterocycles. The van der Waals surface area contributed by atoms with E-state index < -0.39 is 0 Å². The molecule has 1 aliphatic rings. The summed E-state index contributed by atoms with van der Waals surface area (Å²) >= 11 is 0. The molecule has 1 aliphatic carbocycles. The number of halogens is 1. The average molecular weight is 233 g/mol. The first-order valence-corrected chi connectivity index (χ1v) is 6.23. The number of hydrogen-bond donors (Lipinski definition) is 1. The van der Waals surface area contributed by atoms with E-state index in [0.29, 0.717) is 6.04 Å². The van der Waals surface area contributed by atoms with E-state index in [4.69, 9.17) is 0 Å². The van der Waals surface area contributed by atoms with Gasteiger partial charge in [0, 0.05) is 18.0 Å². The minimum absolute atomic E-state index is 0.0421. The first-order valence-electron chi connectivity index (χ1n) is 6.23. The Kier molecular flexibility index (Phi) is 3.63. The second-order valence-corrected chi connectivity index (χ2v) is 5.32. The molecule has 1 saturated carbocycles. The molecular formula is C15H20FN. The van der Waals surface area contributed by atoms with Crippen LogP contribution in [0.15, 0.2) is 36.9 Å². The summed E-state index contributed by atoms with van der Waals surface area (Å²) in [6.07, 6.45) is 5.50. The van der Waals surface area contributed by atoms with Gasteiger partial charge in [0.15, 0.2) is 0 Å². The van der Waals surface area contributed by atoms with Gasteiger partial charge in [-0.25, -0.2) is 4.39 Å². The van der Waals surface area contributed by atoms with E-state index in [1.54, 1.807) is 0 Å². The maximum absolute atomic E-state index is 12.8. The predicted octanol–water partition coefficient (Wildman–Crippen LogP) is 3.31. The molecule has 1 aromatic rings. The van der Waals surface area contributed by atoms with Gasteiger partial charge in [0.1, 0.15) is 5.82 Å². The molecule has 2 heteroatoms. The molecule has 0 heterocycles. The van der Waals surface area contributed by atoms with E-state index in [0.717, 1.165) is 18.5 Å². The van der Waals surface area contributed by atoms with Crippen LogP contribution >= 0.6 is 0 Å². The van der Waals surface area contributed by atoms with Crippen molar-refractivity contribution in [1.29, 1.82) is 0 Å². The molecule has 2 rings (SSSR count). The van der Waals surface area contributed by atoms with Crippen LogP contribution in [0.5, 0.6) is 0 Å². The van der Waals surface area contributed by atoms with E-state index in [1.807, 2.05) is 18.2 Å². The highest BCUT2D eigenvalue weighted by atomic mass is 19.1. The van der Waals surface area contributed by atoms with Crippen molar-refractivity contribution in [3.63, 3.8) is 0 Å². The van der Waals surface area contributed by atoms with E-state index in [9.17, 15) is 4.39 Å². The molecule has 0 spiro atoms. The van der Waals surface area contributed by atoms with Crippen molar-refractivity contribution in [2.24, 2.45) is 5.41 Å². The van der Waals surface area contributed by atoms with Gasteiger partial charge < -0.3 is 5.32 Å². The van der Waals surface area contributed by atoms with Crippen LogP contribution in [0.25, 0.3) is 0 Å². The first-order chi connectivity index (χ1) is 8.11. The van der Waals surface area contributed by atoms with Crippen LogP contribution < -0.4 is 5.32 Å². The van der Waals surface area contributed by atoms with Crippen molar-refractivity contribution in [1.82, 2.24) is 5.32 Å². The van der Waals surface area contributed by atoms with Gasteiger partial charge in [0.2, 0.25) is 0 Å². The molecule has 0 saturated heterocycles. The third-order valence-corrected chi connectivity index (χ3v) is 3.39. The lowest BCUT2D eigenvalue weighted by Crippen LogP contribution is -2.33. The summed E-state index contributed by atoms with van der Waals surface area (Å²) in [5, 5.41) is 3.53. The molecule has 1 nitrogen and oxygen atoms in total. The van der Waals surface area contributed by atoms with E-state index in [1.165, 1.54) is 25.0 Å². The van der Waals surface area contributed by atoms with Crippen LogP contribution in [0, 0.1) is 11.2 Å². The lowest BCUT2D eigenvalue weighted by Gasteiger charge is -2.26. The molecule has 17 heavy (non-hydrogen) atoms. The Morgan fingerprint density at radius 2 is 2.06 bits per heavy atom. The molecule has 92 valence electrons. The van der Waals surface area contributed by atoms with Crippen LogP contribution in [0.2, 0.25) is 0 Å². The summed E-state index contributed by atoms with van der Waals surface area (Å²) in [7, 11) is 0. The first kappa shape index (κ1) is 12.3. The Hall–Kier alpha value is -1.15. The fraction of sp³-hybridized carbons (Fsp3) is 0.467. The molecule has 0 radical (unpaired) electrons. The lowest BCUT2D eigenvalue weighted by atomic mass is 9.83. The van der Waals surface area contributed by atoms with Crippen molar-refractivity contribution in [3.05, 3.63) is 48.3 Å². The van der Waals surface area contributed by atoms with Crippen molar-refractivity contribution < 1.29 is 4.39 Å². The van der Waals surface area contributed by atoms with Crippen LogP contribution in [-0.4, -0.2) is 12.6 Å². The third kappa shape index (κ3) is 3.67. The molecule has 0 bridgehead atoms. The second kappa shape index (κ2) is 5.01. The highest BCUT2D eigenvalue weighted by molar-refractivity contribution is 5.19. The third-order valence-electron chi connectivity index (χ3n) is 3.39. The average Bonchev–Trinajstić information content (AvgIpc) is 3.14. The maximum Gasteiger partial charge on any atom is 0.123 e. The zero-order valence-corrected chi connectivity index (χ0v) is 10.4. The summed E-state index contributed by atoms with van der Waals surface area (Å²) in [6, 6.07) is 7.46. The summed E-state index contributed by atoms with van der Waals surface area (Å²) < 4.78 is 12.8. The number of rotatable bonds is 6. The van der Waals surface area contributed by atoms with E-state index in [2.05, 4.69) is 18.8 Å². The Morgan fingerprint density at radius 3 is 2.59 bits per heavy atom. The fourth-order valence-corrected chi connectivity index (χ4v) is 1.94. The molecule has 0 aromatic heterocycles. The van der Waals surface area contributed by atoms with Gasteiger partial charge in [-0.15, -0.1) is 6.58 Å². The Balaban J connectivity index is 1.96. The van der Waals surface area contributed by atoms with Gasteiger partial charge >= 0.3 is 0 Å². The van der Waals surface area contributed by atoms with Crippen LogP contribution in [0.3, 0.4) is 0 Å². The van der Waals surface area contributed by atoms with Gasteiger partial charge in [0.05, 0.1) is 0 Å². The highest BCUT2D eigenvalue weighted by Gasteiger charge is 2.26. The molecule has 1 fully saturated rings. The second-order valence-electron chi connectivity index (χ2n) is 5.32. The SMILES string of the molecule is C=CC(C)(CNC1CC1)Cc1ccc(F)cc1. The Morgan fingerprint density at radius 1 is 1.41 bits per heavy atom. The number of benzene rings is 1. The summed E-state index contributed by atoms with van der Waals surface area (Å²) in [5.74, 6) is -0.176. The molecule has 1 unspecified atom stereocenters. The molecule has 1 N–H and O–H groups in total. The molecule has 1 atom stereocenters. The summed E-state index contributed by atoms with van der Waals surface area (Å²) in [6.45, 7) is 7.07. The minimum Gasteiger partial charge on any atom is -0.313 e. The zero-order valence-electron chi connectivity index (χ0n) is 10.4. The standard InChI is InChI=1S/C15H20FN/c1-3-15(2,11-17-14-8-9-14)10-12-4-6-13(16)7-5-12/h3-7,14,17H,1,8-11H2,2H3. The van der Waals surface area contributed by atoms with Gasteiger partial charge in [-0.3, -0.25) is 0 Å². The molecule has 0 amide bonds. The highest BCUT2D eigenvalue weighted by Crippen LogP contribution is 2.26. The summed E-state index contributed by atoms with van der Waals surface area (Å²) in [5.41, 5.74) is 1.20. The van der Waals surface area contributed by atoms with Gasteiger partial charge in [-0.1, -0.05) is 25.1 Å². The number of nitrogens with one attached hydrogen (secondary N) is 1. The monoisotopic (exact) mass is 233 g/mol. The van der Waals surface area contributed by atoms with Crippen LogP contribution in [-0.2, 0) is 6.42 Å². The predicted molar refractivity (Wildman–Crippen MR) is 69.4 cm³/mol. The minimum atomic E-state index is -0.176. The van der Waals surface area contributed by atoms with Crippen molar-refractivity contribution >= 4 is 0 Å². The van der Waals surface area contributed by atoms with Gasteiger partial charge in [0.25, 0.3) is 0 Å². The van der Waals surface area contributed by atoms with Crippen molar-refractivity contribution in [2.45, 2.75) is 32.2 Å². The van der Waals surface area contributed by atoms with E-state index in [-0.39, 0.29) is 11.2 Å². The van der Waals surface area contributed by atoms with Gasteiger partial charge in [-0.05, 0) is 37.0 Å². The largest absolute Gasteiger partial charge is 0.313 e. The fourth-order valence-electron chi connectivity index (χ4n) is 1.94. The van der Waals surface area contributed by atoms with Gasteiger partial charge in [-0.2, -0.15) is 0 Å². The maximum atomic E-state index is 12.8. The van der Waals surface area contributed by atoms with Crippen LogP contribution in [0.4, 0.5) is 4.39 Å². The van der Waals surface area contributed by atoms with Crippen molar-refractivity contribution in [2.75, 3.05) is 6.54 Å². The van der Waals surface area contributed by atoms with Crippen LogP contribution in [0.1, 0.15) is 25.3 Å². The zero-order chi connectivity index (χ0) is 12.3. The topological polar surface area (TPSA) is 12.0 Å². The summed E-state index contributed by atoms with van der Waals surface area (Å²) in [4.78, 5) is 0. The molecule has 1 aromatic carbocycles. The quantitative estimate of drug-likeness (QED) is 0.743. The van der Waals surface area contributed by atoms with E-state index >= 15 is 0 Å². The molecular weight excluding hydrogens is 213 g/mol. The normalized spacial score (nSPS) is 18.7. The number of hydrogen-bond acceptors (Lipinski definition) is 1. The Bertz CT molecular complexity index is 380. The van der Waals surface area contributed by atoms with Crippen molar-refractivity contribution in [3.8, 4) is 0 Å². The Labute approximate surface area is 103 Å². The lowest BCUT2D eigenvalue weighted by molar-refractivity contribution is 0.389. The smallest absolute Gasteiger partial charge is 0.123 e.